The Hall–Kier alpha value is -0.710. The van der Waals surface area contributed by atoms with E-state index in [4.69, 9.17) is 5.73 Å². The van der Waals surface area contributed by atoms with Crippen molar-refractivity contribution in [1.29, 1.82) is 0 Å². The first-order valence-electron chi connectivity index (χ1n) is 5.94. The van der Waals surface area contributed by atoms with Gasteiger partial charge in [-0.1, -0.05) is 34.1 Å². The zero-order valence-corrected chi connectivity index (χ0v) is 13.0. The molecular formula is C14H17BrN2S. The summed E-state index contributed by atoms with van der Waals surface area (Å²) in [6, 6.07) is 8.16. The number of aryl methyl sites for hydroxylation is 1. The molecule has 0 saturated heterocycles. The number of hydrogen-bond acceptors (Lipinski definition) is 3. The first kappa shape index (κ1) is 13.7. The van der Waals surface area contributed by atoms with Crippen molar-refractivity contribution in [2.45, 2.75) is 32.2 Å². The molecule has 2 N–H and O–H groups in total. The second-order valence-electron chi connectivity index (χ2n) is 5.09. The summed E-state index contributed by atoms with van der Waals surface area (Å²) in [7, 11) is 0. The largest absolute Gasteiger partial charge is 0.326 e. The number of thiazole rings is 1. The topological polar surface area (TPSA) is 38.9 Å². The zero-order valence-electron chi connectivity index (χ0n) is 10.6. The molecule has 0 unspecified atom stereocenters. The average molecular weight is 325 g/mol. The third kappa shape index (κ3) is 3.64. The Morgan fingerprint density at radius 1 is 1.33 bits per heavy atom. The Kier molecular flexibility index (Phi) is 4.20. The SMILES string of the molecule is CC(C)(N)CCc1nc(-c2ccccc2Br)cs1. The van der Waals surface area contributed by atoms with Crippen molar-refractivity contribution in [2.24, 2.45) is 5.73 Å². The summed E-state index contributed by atoms with van der Waals surface area (Å²) in [4.78, 5) is 4.68. The molecule has 1 aromatic carbocycles. The molecule has 0 aliphatic rings. The van der Waals surface area contributed by atoms with Crippen LogP contribution in [0.25, 0.3) is 11.3 Å². The molecule has 0 saturated carbocycles. The maximum Gasteiger partial charge on any atom is 0.0933 e. The summed E-state index contributed by atoms with van der Waals surface area (Å²) in [5.74, 6) is 0. The number of hydrogen-bond donors (Lipinski definition) is 1. The lowest BCUT2D eigenvalue weighted by atomic mass is 10.0. The van der Waals surface area contributed by atoms with Crippen LogP contribution in [-0.4, -0.2) is 10.5 Å². The summed E-state index contributed by atoms with van der Waals surface area (Å²) in [6.45, 7) is 4.10. The molecule has 96 valence electrons. The molecule has 1 aromatic heterocycles. The third-order valence-corrected chi connectivity index (χ3v) is 4.28. The van der Waals surface area contributed by atoms with Gasteiger partial charge in [-0.3, -0.25) is 0 Å². The molecule has 18 heavy (non-hydrogen) atoms. The number of nitrogens with two attached hydrogens (primary N) is 1. The average Bonchev–Trinajstić information content (AvgIpc) is 2.75. The Morgan fingerprint density at radius 3 is 2.72 bits per heavy atom. The smallest absolute Gasteiger partial charge is 0.0933 e. The molecule has 2 aromatic rings. The van der Waals surface area contributed by atoms with E-state index in [1.807, 2.05) is 18.2 Å². The highest BCUT2D eigenvalue weighted by Gasteiger charge is 2.13. The fourth-order valence-corrected chi connectivity index (χ4v) is 2.93. The molecule has 0 aliphatic carbocycles. The van der Waals surface area contributed by atoms with Gasteiger partial charge in [0.25, 0.3) is 0 Å². The number of rotatable bonds is 4. The lowest BCUT2D eigenvalue weighted by Crippen LogP contribution is -2.32. The Labute approximate surface area is 120 Å². The molecular weight excluding hydrogens is 308 g/mol. The van der Waals surface area contributed by atoms with Crippen LogP contribution in [0.1, 0.15) is 25.3 Å². The van der Waals surface area contributed by atoms with Crippen LogP contribution in [0.2, 0.25) is 0 Å². The van der Waals surface area contributed by atoms with Crippen LogP contribution in [0, 0.1) is 0 Å². The summed E-state index contributed by atoms with van der Waals surface area (Å²) in [5, 5.41) is 3.26. The molecule has 1 heterocycles. The van der Waals surface area contributed by atoms with Crippen molar-refractivity contribution in [1.82, 2.24) is 4.98 Å². The molecule has 0 amide bonds. The number of halogens is 1. The summed E-state index contributed by atoms with van der Waals surface area (Å²) < 4.78 is 1.08. The van der Waals surface area contributed by atoms with Crippen LogP contribution in [0.15, 0.2) is 34.1 Å². The Bertz CT molecular complexity index is 529. The minimum absolute atomic E-state index is 0.126. The van der Waals surface area contributed by atoms with Gasteiger partial charge in [0.1, 0.15) is 0 Å². The van der Waals surface area contributed by atoms with Crippen molar-refractivity contribution in [3.63, 3.8) is 0 Å². The highest BCUT2D eigenvalue weighted by molar-refractivity contribution is 9.10. The monoisotopic (exact) mass is 324 g/mol. The van der Waals surface area contributed by atoms with Gasteiger partial charge in [-0.15, -0.1) is 11.3 Å². The van der Waals surface area contributed by atoms with Crippen molar-refractivity contribution >= 4 is 27.3 Å². The Morgan fingerprint density at radius 2 is 2.06 bits per heavy atom. The minimum atomic E-state index is -0.126. The van der Waals surface area contributed by atoms with E-state index in [-0.39, 0.29) is 5.54 Å². The van der Waals surface area contributed by atoms with Crippen LogP contribution in [0.4, 0.5) is 0 Å². The van der Waals surface area contributed by atoms with E-state index >= 15 is 0 Å². The molecule has 0 spiro atoms. The van der Waals surface area contributed by atoms with E-state index in [0.717, 1.165) is 33.6 Å². The zero-order chi connectivity index (χ0) is 13.2. The molecule has 2 nitrogen and oxygen atoms in total. The molecule has 0 radical (unpaired) electrons. The Balaban J connectivity index is 2.14. The van der Waals surface area contributed by atoms with Gasteiger partial charge < -0.3 is 5.73 Å². The van der Waals surface area contributed by atoms with E-state index in [0.29, 0.717) is 0 Å². The predicted octanol–water partition coefficient (Wildman–Crippen LogP) is 4.24. The lowest BCUT2D eigenvalue weighted by molar-refractivity contribution is 0.476. The van der Waals surface area contributed by atoms with Crippen molar-refractivity contribution in [2.75, 3.05) is 0 Å². The second kappa shape index (κ2) is 5.51. The van der Waals surface area contributed by atoms with Gasteiger partial charge in [-0.25, -0.2) is 4.98 Å². The molecule has 0 fully saturated rings. The summed E-state index contributed by atoms with van der Waals surface area (Å²) in [5.41, 5.74) is 8.05. The number of aromatic nitrogens is 1. The minimum Gasteiger partial charge on any atom is -0.326 e. The van der Waals surface area contributed by atoms with Gasteiger partial charge in [-0.2, -0.15) is 0 Å². The van der Waals surface area contributed by atoms with E-state index in [2.05, 4.69) is 46.2 Å². The molecule has 4 heteroatoms. The third-order valence-electron chi connectivity index (χ3n) is 2.68. The first-order chi connectivity index (χ1) is 8.46. The quantitative estimate of drug-likeness (QED) is 0.913. The fraction of sp³-hybridized carbons (Fsp3) is 0.357. The van der Waals surface area contributed by atoms with Crippen LogP contribution in [-0.2, 0) is 6.42 Å². The van der Waals surface area contributed by atoms with Gasteiger partial charge in [0.2, 0.25) is 0 Å². The summed E-state index contributed by atoms with van der Waals surface area (Å²) >= 11 is 5.26. The molecule has 0 aliphatic heterocycles. The van der Waals surface area contributed by atoms with Gasteiger partial charge >= 0.3 is 0 Å². The fourth-order valence-electron chi connectivity index (χ4n) is 1.65. The lowest BCUT2D eigenvalue weighted by Gasteiger charge is -2.16. The normalized spacial score (nSPS) is 11.8. The van der Waals surface area contributed by atoms with Gasteiger partial charge in [0.15, 0.2) is 0 Å². The molecule has 0 bridgehead atoms. The van der Waals surface area contributed by atoms with Crippen molar-refractivity contribution in [3.8, 4) is 11.3 Å². The maximum absolute atomic E-state index is 5.99. The van der Waals surface area contributed by atoms with Crippen LogP contribution in [0.5, 0.6) is 0 Å². The van der Waals surface area contributed by atoms with Crippen LogP contribution < -0.4 is 5.73 Å². The van der Waals surface area contributed by atoms with Gasteiger partial charge in [-0.05, 0) is 26.3 Å². The van der Waals surface area contributed by atoms with E-state index in [1.54, 1.807) is 11.3 Å². The highest BCUT2D eigenvalue weighted by atomic mass is 79.9. The predicted molar refractivity (Wildman–Crippen MR) is 81.8 cm³/mol. The van der Waals surface area contributed by atoms with E-state index < -0.39 is 0 Å². The maximum atomic E-state index is 5.99. The van der Waals surface area contributed by atoms with Crippen LogP contribution in [0.3, 0.4) is 0 Å². The van der Waals surface area contributed by atoms with E-state index in [1.165, 1.54) is 0 Å². The molecule has 2 rings (SSSR count). The highest BCUT2D eigenvalue weighted by Crippen LogP contribution is 2.29. The van der Waals surface area contributed by atoms with Crippen molar-refractivity contribution < 1.29 is 0 Å². The van der Waals surface area contributed by atoms with Gasteiger partial charge in [0.05, 0.1) is 10.7 Å². The number of nitrogens with zero attached hydrogens (tertiary/aromatic N) is 1. The standard InChI is InChI=1S/C14H17BrN2S/c1-14(2,16)8-7-13-17-12(9-18-13)10-5-3-4-6-11(10)15/h3-6,9H,7-8,16H2,1-2H3. The summed E-state index contributed by atoms with van der Waals surface area (Å²) in [6.07, 6.45) is 1.90. The second-order valence-corrected chi connectivity index (χ2v) is 6.89. The number of benzene rings is 1. The van der Waals surface area contributed by atoms with Crippen LogP contribution >= 0.6 is 27.3 Å². The van der Waals surface area contributed by atoms with Crippen molar-refractivity contribution in [3.05, 3.63) is 39.1 Å². The van der Waals surface area contributed by atoms with E-state index in [9.17, 15) is 0 Å². The first-order valence-corrected chi connectivity index (χ1v) is 7.61. The van der Waals surface area contributed by atoms with Gasteiger partial charge in [0, 0.05) is 27.4 Å². The molecule has 0 atom stereocenters.